The highest BCUT2D eigenvalue weighted by Crippen LogP contribution is 2.50. The van der Waals surface area contributed by atoms with Gasteiger partial charge in [-0.2, -0.15) is 8.42 Å². The number of benzene rings is 8. The molecule has 12 heteroatoms. The van der Waals surface area contributed by atoms with Gasteiger partial charge in [0.15, 0.2) is 11.5 Å². The zero-order valence-electron chi connectivity index (χ0n) is 33.0. The van der Waals surface area contributed by atoms with Crippen LogP contribution in [0.25, 0.3) is 21.5 Å². The lowest BCUT2D eigenvalue weighted by atomic mass is 9.79. The number of ether oxygens (including phenoxy) is 2. The van der Waals surface area contributed by atoms with Crippen LogP contribution < -0.4 is 9.47 Å². The van der Waals surface area contributed by atoms with Crippen molar-refractivity contribution in [2.45, 2.75) is 23.2 Å². The zero-order chi connectivity index (χ0) is 42.3. The molecule has 0 saturated heterocycles. The van der Waals surface area contributed by atoms with Gasteiger partial charge in [0, 0.05) is 22.6 Å². The largest absolute Gasteiger partial charge is 0.505 e. The van der Waals surface area contributed by atoms with Crippen molar-refractivity contribution in [1.82, 2.24) is 0 Å². The van der Waals surface area contributed by atoms with Gasteiger partial charge in [0.05, 0.1) is 14.2 Å². The monoisotopic (exact) mass is 826 g/mol. The van der Waals surface area contributed by atoms with Crippen LogP contribution in [0.4, 0.5) is 22.7 Å². The molecular weight excluding hydrogens is 789 g/mol. The lowest BCUT2D eigenvalue weighted by Gasteiger charge is -2.27. The molecule has 1 aliphatic heterocycles. The van der Waals surface area contributed by atoms with Crippen molar-refractivity contribution >= 4 is 54.4 Å². The minimum absolute atomic E-state index is 0.0803. The molecule has 0 aliphatic carbocycles. The van der Waals surface area contributed by atoms with Crippen LogP contribution in [0.2, 0.25) is 0 Å². The van der Waals surface area contributed by atoms with E-state index in [1.54, 1.807) is 37.4 Å². The molecule has 0 spiro atoms. The van der Waals surface area contributed by atoms with E-state index < -0.39 is 26.5 Å². The van der Waals surface area contributed by atoms with Crippen molar-refractivity contribution in [3.63, 3.8) is 0 Å². The van der Waals surface area contributed by atoms with Crippen molar-refractivity contribution in [2.75, 3.05) is 14.2 Å². The molecule has 0 radical (unpaired) electrons. The second-order valence-corrected chi connectivity index (χ2v) is 16.1. The van der Waals surface area contributed by atoms with E-state index in [1.807, 2.05) is 91.0 Å². The van der Waals surface area contributed by atoms with Crippen molar-refractivity contribution in [2.24, 2.45) is 20.5 Å². The molecule has 302 valence electrons. The molecule has 8 aromatic rings. The van der Waals surface area contributed by atoms with Crippen molar-refractivity contribution in [1.29, 1.82) is 0 Å². The number of hydrogen-bond acceptors (Lipinski definition) is 10. The van der Waals surface area contributed by atoms with Gasteiger partial charge >= 0.3 is 0 Å². The Balaban J connectivity index is 1.19. The van der Waals surface area contributed by atoms with Gasteiger partial charge in [0.1, 0.15) is 39.1 Å². The van der Waals surface area contributed by atoms with E-state index in [2.05, 4.69) is 39.6 Å². The molecule has 11 nitrogen and oxygen atoms in total. The molecule has 0 bridgehead atoms. The summed E-state index contributed by atoms with van der Waals surface area (Å²) in [6.07, 6.45) is 0.520. The molecule has 2 atom stereocenters. The minimum Gasteiger partial charge on any atom is -0.505 e. The summed E-state index contributed by atoms with van der Waals surface area (Å²) in [5.41, 5.74) is 6.35. The van der Waals surface area contributed by atoms with E-state index in [0.29, 0.717) is 45.5 Å². The van der Waals surface area contributed by atoms with E-state index in [-0.39, 0.29) is 23.3 Å². The normalized spacial score (nSPS) is 14.3. The summed E-state index contributed by atoms with van der Waals surface area (Å²) >= 11 is 0. The molecule has 0 fully saturated rings. The summed E-state index contributed by atoms with van der Waals surface area (Å²) in [6.45, 7) is 0. The maximum absolute atomic E-state index is 12.4. The molecule has 0 aromatic heterocycles. The maximum atomic E-state index is 12.4. The number of aromatic hydroxyl groups is 2. The summed E-state index contributed by atoms with van der Waals surface area (Å²) < 4.78 is 46.9. The summed E-state index contributed by atoms with van der Waals surface area (Å²) in [7, 11) is -1.69. The number of rotatable bonds is 9. The Bertz CT molecular complexity index is 3160. The van der Waals surface area contributed by atoms with E-state index in [9.17, 15) is 23.2 Å². The Morgan fingerprint density at radius 3 is 1.92 bits per heavy atom. The quantitative estimate of drug-likeness (QED) is 0.0741. The van der Waals surface area contributed by atoms with Crippen LogP contribution in [0.1, 0.15) is 45.2 Å². The third-order valence-electron chi connectivity index (χ3n) is 11.2. The fraction of sp³-hybridized carbons (Fsp3) is 0.102. The van der Waals surface area contributed by atoms with Crippen LogP contribution in [0.3, 0.4) is 0 Å². The topological polar surface area (TPSA) is 163 Å². The van der Waals surface area contributed by atoms with Crippen LogP contribution in [-0.2, 0) is 16.5 Å². The molecule has 1 aliphatic rings. The number of fused-ring (bicyclic) bond motifs is 4. The Morgan fingerprint density at radius 1 is 0.623 bits per heavy atom. The van der Waals surface area contributed by atoms with E-state index in [4.69, 9.17) is 14.6 Å². The van der Waals surface area contributed by atoms with Gasteiger partial charge in [0.2, 0.25) is 0 Å². The zero-order valence-corrected chi connectivity index (χ0v) is 33.8. The summed E-state index contributed by atoms with van der Waals surface area (Å²) in [4.78, 5) is -0.581. The van der Waals surface area contributed by atoms with Gasteiger partial charge in [-0.3, -0.25) is 4.55 Å². The molecule has 61 heavy (non-hydrogen) atoms. The molecule has 9 rings (SSSR count). The van der Waals surface area contributed by atoms with Crippen LogP contribution in [0, 0.1) is 0 Å². The number of hydrogen-bond donors (Lipinski definition) is 3. The Kier molecular flexibility index (Phi) is 10.2. The van der Waals surface area contributed by atoms with Crippen molar-refractivity contribution < 1.29 is 32.7 Å². The van der Waals surface area contributed by atoms with Crippen LogP contribution in [0.15, 0.2) is 177 Å². The first-order valence-electron chi connectivity index (χ1n) is 19.4. The highest BCUT2D eigenvalue weighted by atomic mass is 32.2. The Labute approximate surface area is 351 Å². The smallest absolute Gasteiger partial charge is 0.296 e. The first-order chi connectivity index (χ1) is 29.6. The van der Waals surface area contributed by atoms with E-state index >= 15 is 0 Å². The van der Waals surface area contributed by atoms with Gasteiger partial charge in [-0.15, -0.1) is 20.5 Å². The predicted molar refractivity (Wildman–Crippen MR) is 235 cm³/mol. The Morgan fingerprint density at radius 2 is 1.23 bits per heavy atom. The summed E-state index contributed by atoms with van der Waals surface area (Å²) in [5, 5.41) is 42.9. The number of phenolic OH excluding ortho intramolecular Hbond substituents is 2. The molecule has 3 N–H and O–H groups in total. The van der Waals surface area contributed by atoms with Crippen molar-refractivity contribution in [3.05, 3.63) is 185 Å². The second kappa shape index (κ2) is 16.0. The fourth-order valence-corrected chi connectivity index (χ4v) is 8.93. The van der Waals surface area contributed by atoms with Crippen LogP contribution in [0.5, 0.6) is 23.0 Å². The van der Waals surface area contributed by atoms with Crippen LogP contribution in [-0.4, -0.2) is 37.4 Å². The number of nitrogens with zero attached hydrogens (tertiary/aromatic N) is 4. The lowest BCUT2D eigenvalue weighted by molar-refractivity contribution is 0.414. The third kappa shape index (κ3) is 7.32. The SMILES string of the molecule is COc1cc(C(c2ccccc2)c2cc(OC)c3c(c2)C(c2ccccc2)Cc2cc4ccccc4c(O)c2N=N3)ccc1N=Nc1c(S(=O)(=O)O)cc2ccccc2c1O. The Hall–Kier alpha value is -7.41. The minimum atomic E-state index is -4.79. The van der Waals surface area contributed by atoms with Gasteiger partial charge in [-0.05, 0) is 80.9 Å². The standard InChI is InChI=1S/C49H38N4O7S/c1-59-41-26-33(21-22-40(41)50-53-47-43(61(56,57)58)28-32-18-10-12-20-37(32)49(47)55)44(30-15-7-4-8-16-30)34-24-39-38(29-13-5-3-6-14-29)25-35-23-31-17-9-11-19-36(31)48(54)45(35)51-52-46(39)42(27-34)60-2/h3-24,26-28,38,44,54-55H,25H2,1-2H3,(H,56,57,58). The van der Waals surface area contributed by atoms with Gasteiger partial charge in [-0.25, -0.2) is 0 Å². The first kappa shape index (κ1) is 39.1. The van der Waals surface area contributed by atoms with Crippen LogP contribution >= 0.6 is 0 Å². The maximum Gasteiger partial charge on any atom is 0.296 e. The number of methoxy groups -OCH3 is 2. The molecule has 2 unspecified atom stereocenters. The van der Waals surface area contributed by atoms with E-state index in [1.165, 1.54) is 13.2 Å². The summed E-state index contributed by atoms with van der Waals surface area (Å²) in [6, 6.07) is 47.4. The lowest BCUT2D eigenvalue weighted by Crippen LogP contribution is -2.11. The first-order valence-corrected chi connectivity index (χ1v) is 20.9. The number of phenols is 2. The van der Waals surface area contributed by atoms with Crippen molar-refractivity contribution in [3.8, 4) is 23.0 Å². The van der Waals surface area contributed by atoms with Gasteiger partial charge < -0.3 is 19.7 Å². The molecule has 0 saturated carbocycles. The molecule has 8 aromatic carbocycles. The average molecular weight is 827 g/mol. The summed E-state index contributed by atoms with van der Waals surface area (Å²) in [5.74, 6) is -0.106. The number of azo groups is 2. The van der Waals surface area contributed by atoms with Gasteiger partial charge in [-0.1, -0.05) is 121 Å². The van der Waals surface area contributed by atoms with E-state index in [0.717, 1.165) is 38.8 Å². The third-order valence-corrected chi connectivity index (χ3v) is 12.0. The predicted octanol–water partition coefficient (Wildman–Crippen LogP) is 12.4. The average Bonchev–Trinajstić information content (AvgIpc) is 3.27. The highest BCUT2D eigenvalue weighted by Gasteiger charge is 2.30. The van der Waals surface area contributed by atoms with Gasteiger partial charge in [0.25, 0.3) is 10.1 Å². The molecule has 1 heterocycles. The molecule has 0 amide bonds. The highest BCUT2D eigenvalue weighted by molar-refractivity contribution is 7.86. The fourth-order valence-electron chi connectivity index (χ4n) is 8.27. The molecular formula is C49H38N4O7S. The second-order valence-electron chi connectivity index (χ2n) is 14.7.